The monoisotopic (exact) mass is 709 g/mol. The fourth-order valence-electron chi connectivity index (χ4n) is 5.38. The first-order valence-electron chi connectivity index (χ1n) is 13.1. The molecule has 45 heavy (non-hydrogen) atoms. The van der Waals surface area contributed by atoms with Crippen molar-refractivity contribution in [3.63, 3.8) is 0 Å². The Hall–Kier alpha value is -2.46. The average Bonchev–Trinajstić information content (AvgIpc) is 3.72. The fraction of sp³-hybridized carbons (Fsp3) is 0.524. The molecule has 7 heterocycles. The molecule has 2 unspecified atom stereocenters. The van der Waals surface area contributed by atoms with Crippen LogP contribution < -0.4 is 11.5 Å². The molecule has 3 aromatic heterocycles. The van der Waals surface area contributed by atoms with Gasteiger partial charge in [0.25, 0.3) is 0 Å². The standard InChI is InChI=1S/C21H23F2N9O9P2S2/c22-11-8-2-36-42(34,44)40-15-9(39-20(12(15)23)32-5-28-13-7(33)1-10(24)30-19(13)32)3-37-43(35,45)41-16(11)21(38-8)31-6-29-14-17(25)26-4-27-18(14)31/h4-6,8-9,11-12,15-16,20-21H,1-3H2,(H2,24,30)(H,34,44)(H,35,45)(H2,25,26,27)/t8-,9-,11-,12-,15-,16-,20-,21-,42?,43?/m1/s1. The number of nitrogens with zero attached hydrogens (tertiary/aromatic N) is 7. The molecule has 0 amide bonds. The van der Waals surface area contributed by atoms with Crippen molar-refractivity contribution in [1.82, 2.24) is 29.1 Å². The van der Waals surface area contributed by atoms with Gasteiger partial charge < -0.3 is 39.8 Å². The third-order valence-electron chi connectivity index (χ3n) is 7.40. The van der Waals surface area contributed by atoms with Gasteiger partial charge in [-0.2, -0.15) is 0 Å². The second kappa shape index (κ2) is 11.4. The molecule has 3 fully saturated rings. The van der Waals surface area contributed by atoms with Gasteiger partial charge in [0.15, 0.2) is 53.6 Å². The summed E-state index contributed by atoms with van der Waals surface area (Å²) in [6.45, 7) is -9.97. The van der Waals surface area contributed by atoms with Gasteiger partial charge in [0, 0.05) is 0 Å². The maximum atomic E-state index is 16.0. The molecule has 0 saturated carbocycles. The first kappa shape index (κ1) is 31.2. The Bertz CT molecular complexity index is 1820. The van der Waals surface area contributed by atoms with Gasteiger partial charge >= 0.3 is 13.4 Å². The molecular formula is C21H23F2N9O9P2S2. The van der Waals surface area contributed by atoms with Crippen LogP contribution in [0.3, 0.4) is 0 Å². The summed E-state index contributed by atoms with van der Waals surface area (Å²) < 4.78 is 68.0. The highest BCUT2D eigenvalue weighted by molar-refractivity contribution is 8.07. The third kappa shape index (κ3) is 5.62. The van der Waals surface area contributed by atoms with Gasteiger partial charge in [0.1, 0.15) is 42.1 Å². The van der Waals surface area contributed by atoms with Gasteiger partial charge in [-0.3, -0.25) is 23.0 Å². The number of nitrogen functional groups attached to an aromatic ring is 1. The second-order valence-electron chi connectivity index (χ2n) is 10.3. The molecule has 3 aromatic rings. The van der Waals surface area contributed by atoms with E-state index < -0.39 is 81.6 Å². The molecule has 0 aromatic carbocycles. The number of carbonyl (C=O) groups is 1. The van der Waals surface area contributed by atoms with Crippen LogP contribution in [0.15, 0.2) is 24.0 Å². The number of ketones is 1. The Morgan fingerprint density at radius 2 is 1.56 bits per heavy atom. The maximum absolute atomic E-state index is 16.0. The van der Waals surface area contributed by atoms with Crippen molar-refractivity contribution in [1.29, 1.82) is 0 Å². The summed E-state index contributed by atoms with van der Waals surface area (Å²) in [6.07, 6.45) is -9.65. The SMILES string of the molecule is NC1=Nc2c(ncn2[C@@H]2O[C@@H]3COP(O)(=S)O[C@@H]4[C@H](F)[C@@H](COP(O)(=S)O[C@H]3[C@H]2F)O[C@H]4n2cnc3c(N)ncnc32)C(=O)C1. The lowest BCUT2D eigenvalue weighted by molar-refractivity contribution is -0.0601. The minimum Gasteiger partial charge on any atom is -0.387 e. The highest BCUT2D eigenvalue weighted by Crippen LogP contribution is 2.55. The summed E-state index contributed by atoms with van der Waals surface area (Å²) in [4.78, 5) is 54.5. The number of hydrogen-bond acceptors (Lipinski definition) is 16. The van der Waals surface area contributed by atoms with E-state index in [2.05, 4.69) is 24.9 Å². The molecule has 18 nitrogen and oxygen atoms in total. The summed E-state index contributed by atoms with van der Waals surface area (Å²) >= 11 is 10.3. The van der Waals surface area contributed by atoms with Crippen LogP contribution in [0.25, 0.3) is 11.2 Å². The van der Waals surface area contributed by atoms with Gasteiger partial charge in [0.2, 0.25) is 0 Å². The molecule has 0 radical (unpaired) electrons. The molecule has 10 atom stereocenters. The normalized spacial score (nSPS) is 39.0. The van der Waals surface area contributed by atoms with Crippen molar-refractivity contribution < 1.29 is 50.9 Å². The number of nitrogens with two attached hydrogens (primary N) is 2. The summed E-state index contributed by atoms with van der Waals surface area (Å²) in [6, 6.07) is 0. The Morgan fingerprint density at radius 1 is 0.889 bits per heavy atom. The van der Waals surface area contributed by atoms with Crippen molar-refractivity contribution in [3.05, 3.63) is 24.7 Å². The van der Waals surface area contributed by atoms with Gasteiger partial charge in [-0.05, 0) is 23.6 Å². The highest BCUT2D eigenvalue weighted by Gasteiger charge is 2.54. The molecule has 0 spiro atoms. The maximum Gasteiger partial charge on any atom is 0.325 e. The number of amidine groups is 1. The van der Waals surface area contributed by atoms with E-state index in [1.807, 2.05) is 0 Å². The fourth-order valence-corrected chi connectivity index (χ4v) is 8.22. The number of aromatic nitrogens is 6. The van der Waals surface area contributed by atoms with Crippen LogP contribution in [0.4, 0.5) is 20.4 Å². The Kier molecular flexibility index (Phi) is 7.86. The van der Waals surface area contributed by atoms with E-state index in [1.54, 1.807) is 0 Å². The number of rotatable bonds is 2. The Balaban J connectivity index is 1.19. The van der Waals surface area contributed by atoms with Crippen LogP contribution in [0.5, 0.6) is 0 Å². The quantitative estimate of drug-likeness (QED) is 0.267. The number of carbonyl (C=O) groups excluding carboxylic acids is 1. The van der Waals surface area contributed by atoms with Gasteiger partial charge in [0.05, 0.1) is 32.3 Å². The molecule has 2 bridgehead atoms. The number of halogens is 2. The molecule has 7 rings (SSSR count). The first-order chi connectivity index (χ1) is 21.3. The third-order valence-corrected chi connectivity index (χ3v) is 10.5. The topological polar surface area (TPSA) is 239 Å². The lowest BCUT2D eigenvalue weighted by atomic mass is 10.1. The average molecular weight is 710 g/mol. The van der Waals surface area contributed by atoms with Gasteiger partial charge in [-0.15, -0.1) is 0 Å². The summed E-state index contributed by atoms with van der Waals surface area (Å²) in [5, 5.41) is 0. The zero-order valence-electron chi connectivity index (χ0n) is 22.5. The highest BCUT2D eigenvalue weighted by atomic mass is 32.5. The number of fused-ring (bicyclic) bond motifs is 5. The van der Waals surface area contributed by atoms with Crippen LogP contribution >= 0.6 is 13.4 Å². The van der Waals surface area contributed by atoms with E-state index in [0.717, 1.165) is 10.9 Å². The second-order valence-corrected chi connectivity index (χ2v) is 15.9. The molecule has 24 heteroatoms. The number of hydrogen-bond donors (Lipinski definition) is 4. The first-order valence-corrected chi connectivity index (χ1v) is 18.3. The van der Waals surface area contributed by atoms with E-state index in [4.69, 9.17) is 62.6 Å². The Labute approximate surface area is 261 Å². The van der Waals surface area contributed by atoms with Crippen LogP contribution in [-0.2, 0) is 51.2 Å². The lowest BCUT2D eigenvalue weighted by Crippen LogP contribution is -2.34. The molecule has 242 valence electrons. The van der Waals surface area contributed by atoms with E-state index in [1.165, 1.54) is 17.2 Å². The van der Waals surface area contributed by atoms with Crippen LogP contribution in [0.2, 0.25) is 0 Å². The number of Topliss-reactive ketones (excluding diaryl/α,β-unsaturated/α-hetero) is 1. The molecule has 0 aliphatic carbocycles. The Morgan fingerprint density at radius 3 is 2.31 bits per heavy atom. The predicted molar refractivity (Wildman–Crippen MR) is 154 cm³/mol. The number of ether oxygens (including phenoxy) is 2. The summed E-state index contributed by atoms with van der Waals surface area (Å²) in [5.74, 6) is -0.433. The molecule has 3 saturated heterocycles. The van der Waals surface area contributed by atoms with Crippen molar-refractivity contribution in [3.8, 4) is 0 Å². The van der Waals surface area contributed by atoms with E-state index in [0.29, 0.717) is 0 Å². The minimum absolute atomic E-state index is 0.0110. The van der Waals surface area contributed by atoms with Crippen LogP contribution in [-0.4, -0.2) is 100 Å². The lowest BCUT2D eigenvalue weighted by Gasteiger charge is -2.27. The molecule has 6 N–H and O–H groups in total. The summed E-state index contributed by atoms with van der Waals surface area (Å²) in [5.41, 5.74) is 11.9. The number of anilines is 1. The van der Waals surface area contributed by atoms with E-state index >= 15 is 8.78 Å². The van der Waals surface area contributed by atoms with E-state index in [9.17, 15) is 14.6 Å². The number of aliphatic imine (C=N–C) groups is 1. The van der Waals surface area contributed by atoms with Crippen molar-refractivity contribution >= 4 is 71.5 Å². The minimum atomic E-state index is -4.32. The number of imidazole rings is 2. The van der Waals surface area contributed by atoms with Crippen molar-refractivity contribution in [2.45, 2.75) is 55.6 Å². The molecular weight excluding hydrogens is 686 g/mol. The summed E-state index contributed by atoms with van der Waals surface area (Å²) in [7, 11) is 0. The largest absolute Gasteiger partial charge is 0.387 e. The van der Waals surface area contributed by atoms with E-state index in [-0.39, 0.29) is 40.7 Å². The van der Waals surface area contributed by atoms with Crippen molar-refractivity contribution in [2.75, 3.05) is 18.9 Å². The molecule has 4 aliphatic rings. The van der Waals surface area contributed by atoms with Crippen LogP contribution in [0, 0.1) is 0 Å². The smallest absolute Gasteiger partial charge is 0.325 e. The zero-order chi connectivity index (χ0) is 31.8. The van der Waals surface area contributed by atoms with Crippen molar-refractivity contribution in [2.24, 2.45) is 10.7 Å². The van der Waals surface area contributed by atoms with Gasteiger partial charge in [-0.25, -0.2) is 33.7 Å². The molecule has 4 aliphatic heterocycles. The predicted octanol–water partition coefficient (Wildman–Crippen LogP) is 0.602. The number of alkyl halides is 2. The van der Waals surface area contributed by atoms with Gasteiger partial charge in [-0.1, -0.05) is 0 Å². The van der Waals surface area contributed by atoms with Crippen LogP contribution in [0.1, 0.15) is 29.4 Å². The zero-order valence-corrected chi connectivity index (χ0v) is 25.9.